The van der Waals surface area contributed by atoms with Gasteiger partial charge in [-0.3, -0.25) is 0 Å². The standard InChI is InChI=1S/C9H11IO2/c1-6(2)8-4-11-5-9(12-10)7(8)3/h4-6H,3H2,1-2H3. The van der Waals surface area contributed by atoms with E-state index in [1.165, 1.54) is 0 Å². The Kier molecular flexibility index (Phi) is 3.20. The van der Waals surface area contributed by atoms with E-state index >= 15 is 0 Å². The fourth-order valence-corrected chi connectivity index (χ4v) is 1.37. The molecule has 3 heteroatoms. The lowest BCUT2D eigenvalue weighted by Crippen LogP contribution is -2.04. The number of ether oxygens (including phenoxy) is 1. The lowest BCUT2D eigenvalue weighted by atomic mass is 9.96. The van der Waals surface area contributed by atoms with E-state index in [0.29, 0.717) is 11.7 Å². The lowest BCUT2D eigenvalue weighted by molar-refractivity contribution is 0.358. The first-order chi connectivity index (χ1) is 5.66. The number of allylic oxidation sites excluding steroid dienone is 1. The minimum Gasteiger partial charge on any atom is -0.468 e. The zero-order chi connectivity index (χ0) is 9.14. The molecule has 1 rings (SSSR count). The highest BCUT2D eigenvalue weighted by molar-refractivity contribution is 14.1. The fraction of sp³-hybridized carbons (Fsp3) is 0.333. The summed E-state index contributed by atoms with van der Waals surface area (Å²) < 4.78 is 10.2. The molecule has 2 nitrogen and oxygen atoms in total. The Balaban J connectivity index is 2.82. The average Bonchev–Trinajstić information content (AvgIpc) is 2.04. The van der Waals surface area contributed by atoms with E-state index in [1.54, 1.807) is 12.5 Å². The van der Waals surface area contributed by atoms with Gasteiger partial charge in [0.2, 0.25) is 0 Å². The summed E-state index contributed by atoms with van der Waals surface area (Å²) in [6, 6.07) is 0. The fourth-order valence-electron chi connectivity index (χ4n) is 1.00. The maximum absolute atomic E-state index is 5.10. The molecule has 1 heterocycles. The van der Waals surface area contributed by atoms with Crippen molar-refractivity contribution in [1.29, 1.82) is 0 Å². The van der Waals surface area contributed by atoms with Gasteiger partial charge in [0.15, 0.2) is 28.8 Å². The van der Waals surface area contributed by atoms with Gasteiger partial charge in [-0.15, -0.1) is 0 Å². The Morgan fingerprint density at radius 1 is 1.50 bits per heavy atom. The topological polar surface area (TPSA) is 18.5 Å². The highest BCUT2D eigenvalue weighted by Crippen LogP contribution is 2.29. The summed E-state index contributed by atoms with van der Waals surface area (Å²) in [7, 11) is 0. The second kappa shape index (κ2) is 3.98. The molecule has 0 radical (unpaired) electrons. The molecule has 0 saturated carbocycles. The largest absolute Gasteiger partial charge is 0.468 e. The van der Waals surface area contributed by atoms with Crippen LogP contribution in [0.5, 0.6) is 0 Å². The van der Waals surface area contributed by atoms with Crippen LogP contribution in [0.2, 0.25) is 0 Å². The van der Waals surface area contributed by atoms with Gasteiger partial charge in [-0.05, 0) is 5.92 Å². The van der Waals surface area contributed by atoms with Crippen molar-refractivity contribution in [3.8, 4) is 0 Å². The third-order valence-corrected chi connectivity index (χ3v) is 2.20. The normalized spacial score (nSPS) is 16.8. The molecule has 1 aliphatic rings. The van der Waals surface area contributed by atoms with Gasteiger partial charge in [-0.25, -0.2) is 0 Å². The van der Waals surface area contributed by atoms with Gasteiger partial charge in [0, 0.05) is 11.1 Å². The van der Waals surface area contributed by atoms with Gasteiger partial charge in [-0.2, -0.15) is 0 Å². The first-order valence-corrected chi connectivity index (χ1v) is 4.58. The summed E-state index contributed by atoms with van der Waals surface area (Å²) in [6.07, 6.45) is 3.27. The van der Waals surface area contributed by atoms with Crippen molar-refractivity contribution in [2.45, 2.75) is 13.8 Å². The summed E-state index contributed by atoms with van der Waals surface area (Å²) in [5.74, 6) is 1.11. The summed E-state index contributed by atoms with van der Waals surface area (Å²) in [5, 5.41) is 0. The van der Waals surface area contributed by atoms with Crippen molar-refractivity contribution in [3.63, 3.8) is 0 Å². The molecule has 0 amide bonds. The molecular formula is C9H11IO2. The van der Waals surface area contributed by atoms with Crippen LogP contribution < -0.4 is 0 Å². The maximum Gasteiger partial charge on any atom is 0.192 e. The van der Waals surface area contributed by atoms with Crippen molar-refractivity contribution < 1.29 is 7.80 Å². The second-order valence-corrected chi connectivity index (χ2v) is 3.34. The van der Waals surface area contributed by atoms with Crippen LogP contribution in [0, 0.1) is 5.92 Å². The molecule has 0 aromatic rings. The molecular weight excluding hydrogens is 267 g/mol. The summed E-state index contributed by atoms with van der Waals surface area (Å²) in [6.45, 7) is 8.11. The molecule has 0 atom stereocenters. The van der Waals surface area contributed by atoms with E-state index in [4.69, 9.17) is 7.80 Å². The van der Waals surface area contributed by atoms with E-state index < -0.39 is 0 Å². The number of rotatable bonds is 2. The average molecular weight is 278 g/mol. The third kappa shape index (κ3) is 1.83. The predicted octanol–water partition coefficient (Wildman–Crippen LogP) is 3.32. The summed E-state index contributed by atoms with van der Waals surface area (Å²) in [5.41, 5.74) is 2.00. The first-order valence-electron chi connectivity index (χ1n) is 3.70. The zero-order valence-electron chi connectivity index (χ0n) is 7.13. The van der Waals surface area contributed by atoms with Crippen LogP contribution in [0.15, 0.2) is 36.0 Å². The minimum atomic E-state index is 0.410. The highest BCUT2D eigenvalue weighted by Gasteiger charge is 2.16. The molecule has 0 unspecified atom stereocenters. The van der Waals surface area contributed by atoms with Crippen molar-refractivity contribution in [2.24, 2.45) is 5.92 Å². The molecule has 66 valence electrons. The zero-order valence-corrected chi connectivity index (χ0v) is 9.29. The second-order valence-electron chi connectivity index (χ2n) is 2.90. The van der Waals surface area contributed by atoms with Gasteiger partial charge in [-0.1, -0.05) is 20.4 Å². The molecule has 0 bridgehead atoms. The van der Waals surface area contributed by atoms with Gasteiger partial charge in [0.05, 0.1) is 6.26 Å². The van der Waals surface area contributed by atoms with Crippen LogP contribution in [-0.2, 0) is 7.80 Å². The van der Waals surface area contributed by atoms with Crippen molar-refractivity contribution in [2.75, 3.05) is 0 Å². The Morgan fingerprint density at radius 2 is 2.17 bits per heavy atom. The SMILES string of the molecule is C=C1C(OI)=COC=C1C(C)C. The molecule has 12 heavy (non-hydrogen) atoms. The number of hydrogen-bond acceptors (Lipinski definition) is 2. The molecule has 1 aliphatic heterocycles. The lowest BCUT2D eigenvalue weighted by Gasteiger charge is -2.18. The van der Waals surface area contributed by atoms with Crippen LogP contribution in [-0.4, -0.2) is 0 Å². The molecule has 0 aromatic carbocycles. The Labute approximate surface area is 86.6 Å². The highest BCUT2D eigenvalue weighted by atomic mass is 127. The van der Waals surface area contributed by atoms with Crippen LogP contribution in [0.25, 0.3) is 0 Å². The van der Waals surface area contributed by atoms with Gasteiger partial charge in [0.25, 0.3) is 0 Å². The van der Waals surface area contributed by atoms with Crippen molar-refractivity contribution >= 4 is 23.0 Å². The van der Waals surface area contributed by atoms with Crippen LogP contribution in [0.4, 0.5) is 0 Å². The number of hydrogen-bond donors (Lipinski definition) is 0. The Hall–Kier alpha value is -0.450. The minimum absolute atomic E-state index is 0.410. The first kappa shape index (κ1) is 9.64. The summed E-state index contributed by atoms with van der Waals surface area (Å²) in [4.78, 5) is 0. The predicted molar refractivity (Wildman–Crippen MR) is 56.3 cm³/mol. The molecule has 0 spiro atoms. The molecule has 0 aromatic heterocycles. The smallest absolute Gasteiger partial charge is 0.192 e. The molecule has 0 aliphatic carbocycles. The molecule has 0 fully saturated rings. The van der Waals surface area contributed by atoms with E-state index in [0.717, 1.165) is 11.1 Å². The molecule has 0 saturated heterocycles. The monoisotopic (exact) mass is 278 g/mol. The Morgan fingerprint density at radius 3 is 2.67 bits per heavy atom. The van der Waals surface area contributed by atoms with Crippen molar-refractivity contribution in [3.05, 3.63) is 36.0 Å². The van der Waals surface area contributed by atoms with E-state index in [2.05, 4.69) is 20.4 Å². The van der Waals surface area contributed by atoms with Crippen LogP contribution in [0.1, 0.15) is 13.8 Å². The van der Waals surface area contributed by atoms with Gasteiger partial charge >= 0.3 is 0 Å². The number of halogens is 1. The van der Waals surface area contributed by atoms with E-state index in [9.17, 15) is 0 Å². The maximum atomic E-state index is 5.10. The quantitative estimate of drug-likeness (QED) is 0.721. The van der Waals surface area contributed by atoms with Crippen LogP contribution in [0.3, 0.4) is 0 Å². The van der Waals surface area contributed by atoms with Gasteiger partial charge in [0.1, 0.15) is 6.26 Å². The summed E-state index contributed by atoms with van der Waals surface area (Å²) >= 11 is 1.82. The van der Waals surface area contributed by atoms with E-state index in [1.807, 2.05) is 23.0 Å². The van der Waals surface area contributed by atoms with Gasteiger partial charge < -0.3 is 7.80 Å². The van der Waals surface area contributed by atoms with E-state index in [-0.39, 0.29) is 0 Å². The third-order valence-electron chi connectivity index (χ3n) is 1.72. The molecule has 0 N–H and O–H groups in total. The Bertz CT molecular complexity index is 251. The van der Waals surface area contributed by atoms with Crippen molar-refractivity contribution in [1.82, 2.24) is 0 Å². The van der Waals surface area contributed by atoms with Crippen LogP contribution >= 0.6 is 23.0 Å².